The Bertz CT molecular complexity index is 1900. The molecule has 0 spiro atoms. The number of benzene rings is 2. The molecule has 5 heterocycles. The minimum absolute atomic E-state index is 0.0444. The zero-order valence-electron chi connectivity index (χ0n) is 31.9. The summed E-state index contributed by atoms with van der Waals surface area (Å²) in [5.41, 5.74) is 5.28. The molecule has 53 heavy (non-hydrogen) atoms. The normalized spacial score (nSPS) is 22.3. The summed E-state index contributed by atoms with van der Waals surface area (Å²) in [6.45, 7) is 14.7. The molecule has 0 bridgehead atoms. The van der Waals surface area contributed by atoms with Crippen molar-refractivity contribution in [3.63, 3.8) is 0 Å². The highest BCUT2D eigenvalue weighted by atomic mass is 16.5. The van der Waals surface area contributed by atoms with Gasteiger partial charge < -0.3 is 34.4 Å². The van der Waals surface area contributed by atoms with Gasteiger partial charge >= 0.3 is 6.09 Å². The molecule has 282 valence electrons. The number of amides is 1. The number of hydrogen-bond acceptors (Lipinski definition) is 8. The second-order valence-corrected chi connectivity index (χ2v) is 16.8. The summed E-state index contributed by atoms with van der Waals surface area (Å²) in [6, 6.07) is 18.3. The molecule has 11 heteroatoms. The second-order valence-electron chi connectivity index (χ2n) is 16.8. The largest absolute Gasteiger partial charge is 0.494 e. The maximum atomic E-state index is 11.9. The highest BCUT2D eigenvalue weighted by Gasteiger charge is 2.39. The number of carbonyl (C=O) groups is 1. The monoisotopic (exact) mass is 720 g/mol. The summed E-state index contributed by atoms with van der Waals surface area (Å²) in [5, 5.41) is 14.4. The Morgan fingerprint density at radius 2 is 1.70 bits per heavy atom. The fourth-order valence-corrected chi connectivity index (χ4v) is 9.16. The third kappa shape index (κ3) is 7.69. The lowest BCUT2D eigenvalue weighted by molar-refractivity contribution is 0.0261. The number of carboxylic acid groups (broad SMARTS) is 1. The van der Waals surface area contributed by atoms with Crippen molar-refractivity contribution in [2.24, 2.45) is 11.3 Å². The van der Waals surface area contributed by atoms with Gasteiger partial charge in [0, 0.05) is 98.0 Å². The van der Waals surface area contributed by atoms with Crippen LogP contribution in [0.4, 0.5) is 22.1 Å². The van der Waals surface area contributed by atoms with Crippen LogP contribution >= 0.6 is 0 Å². The smallest absolute Gasteiger partial charge is 0.407 e. The van der Waals surface area contributed by atoms with E-state index in [0.717, 1.165) is 81.3 Å². The number of aromatic nitrogens is 3. The van der Waals surface area contributed by atoms with Crippen molar-refractivity contribution in [2.45, 2.75) is 77.4 Å². The van der Waals surface area contributed by atoms with Crippen LogP contribution in [0.3, 0.4) is 0 Å². The first-order valence-electron chi connectivity index (χ1n) is 19.7. The minimum Gasteiger partial charge on any atom is -0.494 e. The van der Waals surface area contributed by atoms with Crippen LogP contribution in [0.5, 0.6) is 5.75 Å². The summed E-state index contributed by atoms with van der Waals surface area (Å²) in [4.78, 5) is 30.9. The topological polar surface area (TPSA) is 102 Å². The van der Waals surface area contributed by atoms with E-state index in [1.807, 2.05) is 12.3 Å². The first-order chi connectivity index (χ1) is 25.6. The highest BCUT2D eigenvalue weighted by Crippen LogP contribution is 2.41. The van der Waals surface area contributed by atoms with Gasteiger partial charge in [-0.15, -0.1) is 0 Å². The molecule has 4 fully saturated rings. The van der Waals surface area contributed by atoms with Crippen molar-refractivity contribution in [1.82, 2.24) is 29.2 Å². The lowest BCUT2D eigenvalue weighted by Crippen LogP contribution is -2.55. The fraction of sp³-hybridized carbons (Fsp3) is 0.548. The molecule has 4 aromatic rings. The third-order valence-corrected chi connectivity index (χ3v) is 12.3. The van der Waals surface area contributed by atoms with E-state index in [1.54, 1.807) is 12.0 Å². The Morgan fingerprint density at radius 3 is 2.42 bits per heavy atom. The van der Waals surface area contributed by atoms with Gasteiger partial charge in [0.25, 0.3) is 0 Å². The molecule has 0 radical (unpaired) electrons. The molecule has 3 saturated heterocycles. The molecule has 2 aromatic carbocycles. The van der Waals surface area contributed by atoms with E-state index in [2.05, 4.69) is 99.0 Å². The number of anilines is 3. The number of nitrogens with zero attached hydrogens (tertiary/aromatic N) is 7. The van der Waals surface area contributed by atoms with Gasteiger partial charge in [-0.2, -0.15) is 0 Å². The zero-order valence-corrected chi connectivity index (χ0v) is 31.9. The van der Waals surface area contributed by atoms with Gasteiger partial charge in [-0.25, -0.2) is 14.8 Å². The van der Waals surface area contributed by atoms with Gasteiger partial charge in [0.15, 0.2) is 0 Å². The van der Waals surface area contributed by atoms with Gasteiger partial charge in [0.2, 0.25) is 5.95 Å². The summed E-state index contributed by atoms with van der Waals surface area (Å²) >= 11 is 0. The molecule has 1 aliphatic carbocycles. The minimum atomic E-state index is -0.769. The average molecular weight is 721 g/mol. The third-order valence-electron chi connectivity index (χ3n) is 12.3. The van der Waals surface area contributed by atoms with Crippen LogP contribution in [0, 0.1) is 11.3 Å². The molecule has 11 nitrogen and oxygen atoms in total. The number of hydrogen-bond donors (Lipinski definition) is 2. The summed E-state index contributed by atoms with van der Waals surface area (Å²) in [5.74, 6) is 1.89. The van der Waals surface area contributed by atoms with Crippen molar-refractivity contribution >= 4 is 34.3 Å². The Labute approximate surface area is 313 Å². The molecule has 2 aromatic heterocycles. The predicted molar refractivity (Wildman–Crippen MR) is 211 cm³/mol. The summed E-state index contributed by atoms with van der Waals surface area (Å²) in [6.07, 6.45) is 10.1. The molecule has 2 atom stereocenters. The van der Waals surface area contributed by atoms with E-state index in [1.165, 1.54) is 42.3 Å². The number of rotatable bonds is 9. The van der Waals surface area contributed by atoms with Crippen molar-refractivity contribution in [3.05, 3.63) is 60.9 Å². The number of piperidine rings is 2. The maximum absolute atomic E-state index is 11.9. The van der Waals surface area contributed by atoms with Crippen molar-refractivity contribution in [2.75, 3.05) is 69.7 Å². The first-order valence-corrected chi connectivity index (χ1v) is 19.7. The molecule has 2 N–H and O–H groups in total. The Balaban J connectivity index is 0.846. The van der Waals surface area contributed by atoms with Gasteiger partial charge in [-0.1, -0.05) is 39.0 Å². The van der Waals surface area contributed by atoms with Crippen LogP contribution in [0.2, 0.25) is 0 Å². The Morgan fingerprint density at radius 1 is 0.925 bits per heavy atom. The quantitative estimate of drug-likeness (QED) is 0.181. The molecule has 4 aliphatic rings. The standard InChI is InChI=1S/C42H56N8O3/c1-42(2,3)39-25-29(14-20-49(39)41(51)52)27-46-18-15-30(16-19-46)47-21-23-48(24-22-47)32-11-12-36(38(26-32)53-4)45-40-43-17-13-35(44-40)34-28-50(31-9-10-31)37-8-6-5-7-33(34)37/h5-8,11-13,17,26,28-31,39H,9-10,14-16,18-25,27H2,1-4H3,(H,51,52)(H,43,44,45). The molecular formula is C42H56N8O3. The van der Waals surface area contributed by atoms with Crippen LogP contribution in [0.1, 0.15) is 65.3 Å². The van der Waals surface area contributed by atoms with Crippen LogP contribution < -0.4 is 15.0 Å². The lowest BCUT2D eigenvalue weighted by atomic mass is 9.77. The lowest BCUT2D eigenvalue weighted by Gasteiger charge is -2.47. The summed E-state index contributed by atoms with van der Waals surface area (Å²) < 4.78 is 8.29. The van der Waals surface area contributed by atoms with Crippen LogP contribution in [0.25, 0.3) is 22.2 Å². The van der Waals surface area contributed by atoms with Crippen LogP contribution in [-0.4, -0.2) is 112 Å². The average Bonchev–Trinajstić information content (AvgIpc) is 3.94. The summed E-state index contributed by atoms with van der Waals surface area (Å²) in [7, 11) is 1.72. The van der Waals surface area contributed by atoms with E-state index < -0.39 is 6.09 Å². The molecule has 1 amide bonds. The molecule has 1 saturated carbocycles. The maximum Gasteiger partial charge on any atom is 0.407 e. The molecule has 2 unspecified atom stereocenters. The van der Waals surface area contributed by atoms with Gasteiger partial charge in [-0.3, -0.25) is 4.90 Å². The Kier molecular flexibility index (Phi) is 9.97. The Hall–Kier alpha value is -4.35. The van der Waals surface area contributed by atoms with Crippen molar-refractivity contribution < 1.29 is 14.6 Å². The van der Waals surface area contributed by atoms with E-state index in [0.29, 0.717) is 30.5 Å². The number of likely N-dealkylation sites (tertiary alicyclic amines) is 2. The van der Waals surface area contributed by atoms with E-state index in [4.69, 9.17) is 9.72 Å². The van der Waals surface area contributed by atoms with Gasteiger partial charge in [0.1, 0.15) is 5.75 Å². The SMILES string of the molecule is COc1cc(N2CCN(C3CCN(CC4CCN(C(=O)O)C(C(C)(C)C)C4)CC3)CC2)ccc1Nc1nccc(-c2cn(C3CC3)c3ccccc23)n1. The van der Waals surface area contributed by atoms with E-state index >= 15 is 0 Å². The van der Waals surface area contributed by atoms with E-state index in [9.17, 15) is 9.90 Å². The number of para-hydroxylation sites is 1. The molecular weight excluding hydrogens is 665 g/mol. The first kappa shape index (κ1) is 35.7. The molecule has 3 aliphatic heterocycles. The second kappa shape index (κ2) is 14.8. The number of fused-ring (bicyclic) bond motifs is 1. The highest BCUT2D eigenvalue weighted by molar-refractivity contribution is 5.95. The zero-order chi connectivity index (χ0) is 36.7. The number of ether oxygens (including phenoxy) is 1. The van der Waals surface area contributed by atoms with Crippen LogP contribution in [0.15, 0.2) is 60.9 Å². The number of piperazine rings is 1. The number of nitrogens with one attached hydrogen (secondary N) is 1. The predicted octanol–water partition coefficient (Wildman–Crippen LogP) is 7.58. The number of methoxy groups -OCH3 is 1. The molecule has 8 rings (SSSR count). The van der Waals surface area contributed by atoms with Crippen molar-refractivity contribution in [3.8, 4) is 17.0 Å². The van der Waals surface area contributed by atoms with Crippen LogP contribution in [-0.2, 0) is 0 Å². The van der Waals surface area contributed by atoms with Gasteiger partial charge in [-0.05, 0) is 87.2 Å². The van der Waals surface area contributed by atoms with Crippen molar-refractivity contribution in [1.29, 1.82) is 0 Å². The van der Waals surface area contributed by atoms with E-state index in [-0.39, 0.29) is 11.5 Å². The van der Waals surface area contributed by atoms with Gasteiger partial charge in [0.05, 0.1) is 18.5 Å². The fourth-order valence-electron chi connectivity index (χ4n) is 9.16.